The highest BCUT2D eigenvalue weighted by Gasteiger charge is 2.52. The van der Waals surface area contributed by atoms with Gasteiger partial charge in [-0.15, -0.1) is 0 Å². The highest BCUT2D eigenvalue weighted by Crippen LogP contribution is 2.36. The Morgan fingerprint density at radius 1 is 1.39 bits per heavy atom. The first-order chi connectivity index (χ1) is 11.1. The van der Waals surface area contributed by atoms with Crippen LogP contribution < -0.4 is 5.32 Å². The summed E-state index contributed by atoms with van der Waals surface area (Å²) in [5.74, 6) is 1.04. The Labute approximate surface area is 137 Å². The minimum atomic E-state index is -0.676. The first-order valence-corrected chi connectivity index (χ1v) is 8.66. The highest BCUT2D eigenvalue weighted by molar-refractivity contribution is 7.08. The van der Waals surface area contributed by atoms with Gasteiger partial charge < -0.3 is 9.73 Å². The maximum absolute atomic E-state index is 12.7. The number of carbonyl (C=O) groups is 2. The minimum Gasteiger partial charge on any atom is -0.441 e. The number of oxazole rings is 1. The van der Waals surface area contributed by atoms with Gasteiger partial charge in [0.1, 0.15) is 17.0 Å². The van der Waals surface area contributed by atoms with Gasteiger partial charge in [0, 0.05) is 10.9 Å². The zero-order chi connectivity index (χ0) is 16.0. The van der Waals surface area contributed by atoms with Crippen LogP contribution in [0.15, 0.2) is 21.2 Å². The quantitative estimate of drug-likeness (QED) is 0.877. The fourth-order valence-corrected chi connectivity index (χ4v) is 4.00. The number of nitrogens with zero attached hydrogens (tertiary/aromatic N) is 2. The maximum atomic E-state index is 12.7. The van der Waals surface area contributed by atoms with Gasteiger partial charge in [0.05, 0.1) is 6.54 Å². The second-order valence-corrected chi connectivity index (χ2v) is 6.92. The highest BCUT2D eigenvalue weighted by atomic mass is 32.1. The number of imide groups is 1. The number of amides is 3. The summed E-state index contributed by atoms with van der Waals surface area (Å²) in [7, 11) is 0. The van der Waals surface area contributed by atoms with Crippen LogP contribution in [0.1, 0.15) is 37.1 Å². The third-order valence-electron chi connectivity index (χ3n) is 4.67. The molecule has 4 rings (SSSR count). The fraction of sp³-hybridized carbons (Fsp3) is 0.438. The van der Waals surface area contributed by atoms with E-state index in [2.05, 4.69) is 10.3 Å². The Morgan fingerprint density at radius 2 is 2.17 bits per heavy atom. The van der Waals surface area contributed by atoms with E-state index in [0.717, 1.165) is 31.2 Å². The number of aromatic nitrogens is 1. The molecule has 1 aliphatic carbocycles. The van der Waals surface area contributed by atoms with Crippen LogP contribution in [0.5, 0.6) is 0 Å². The van der Waals surface area contributed by atoms with Crippen molar-refractivity contribution in [3.63, 3.8) is 0 Å². The molecule has 2 fully saturated rings. The van der Waals surface area contributed by atoms with Crippen LogP contribution in [0, 0.1) is 6.92 Å². The summed E-state index contributed by atoms with van der Waals surface area (Å²) in [6, 6.07) is 1.61. The van der Waals surface area contributed by atoms with E-state index in [0.29, 0.717) is 17.3 Å². The van der Waals surface area contributed by atoms with Crippen molar-refractivity contribution in [1.29, 1.82) is 0 Å². The van der Waals surface area contributed by atoms with E-state index < -0.39 is 5.54 Å². The van der Waals surface area contributed by atoms with Crippen LogP contribution in [0.3, 0.4) is 0 Å². The molecule has 3 heterocycles. The largest absolute Gasteiger partial charge is 0.441 e. The molecule has 7 heteroatoms. The van der Waals surface area contributed by atoms with E-state index in [4.69, 9.17) is 4.42 Å². The number of nitrogens with one attached hydrogen (secondary N) is 1. The summed E-state index contributed by atoms with van der Waals surface area (Å²) < 4.78 is 5.68. The van der Waals surface area contributed by atoms with E-state index >= 15 is 0 Å². The first-order valence-electron chi connectivity index (χ1n) is 7.72. The van der Waals surface area contributed by atoms with Crippen molar-refractivity contribution < 1.29 is 14.0 Å². The van der Waals surface area contributed by atoms with E-state index in [1.165, 1.54) is 4.90 Å². The minimum absolute atomic E-state index is 0.125. The van der Waals surface area contributed by atoms with Gasteiger partial charge in [-0.05, 0) is 31.2 Å². The summed E-state index contributed by atoms with van der Waals surface area (Å²) in [4.78, 5) is 30.6. The Balaban J connectivity index is 1.59. The van der Waals surface area contributed by atoms with Gasteiger partial charge in [-0.25, -0.2) is 9.78 Å². The number of urea groups is 1. The van der Waals surface area contributed by atoms with Crippen LogP contribution >= 0.6 is 11.3 Å². The molecule has 2 aromatic heterocycles. The molecule has 2 aromatic rings. The molecule has 0 atom stereocenters. The molecule has 6 nitrogen and oxygen atoms in total. The molecule has 3 amide bonds. The summed E-state index contributed by atoms with van der Waals surface area (Å²) in [5.41, 5.74) is 0.865. The summed E-state index contributed by atoms with van der Waals surface area (Å²) in [5, 5.41) is 6.79. The third kappa shape index (κ3) is 2.26. The van der Waals surface area contributed by atoms with Crippen LogP contribution in [0.4, 0.5) is 4.79 Å². The third-order valence-corrected chi connectivity index (χ3v) is 5.35. The van der Waals surface area contributed by atoms with Crippen molar-refractivity contribution in [3.05, 3.63) is 28.3 Å². The maximum Gasteiger partial charge on any atom is 0.325 e. The average Bonchev–Trinajstić information content (AvgIpc) is 3.27. The molecule has 23 heavy (non-hydrogen) atoms. The SMILES string of the molecule is Cc1oc(-c2ccsc2)nc1CN1C(=O)NC2(CCCC2)C1=O. The second kappa shape index (κ2) is 5.19. The molecule has 0 bridgehead atoms. The molecular weight excluding hydrogens is 314 g/mol. The molecule has 0 aromatic carbocycles. The van der Waals surface area contributed by atoms with Crippen LogP contribution in [-0.4, -0.2) is 27.4 Å². The second-order valence-electron chi connectivity index (χ2n) is 6.14. The predicted molar refractivity (Wildman–Crippen MR) is 84.8 cm³/mol. The number of rotatable bonds is 3. The van der Waals surface area contributed by atoms with Crippen molar-refractivity contribution in [2.75, 3.05) is 0 Å². The molecule has 1 aliphatic heterocycles. The number of thiophene rings is 1. The van der Waals surface area contributed by atoms with Crippen LogP contribution in [-0.2, 0) is 11.3 Å². The molecule has 1 saturated heterocycles. The van der Waals surface area contributed by atoms with E-state index in [9.17, 15) is 9.59 Å². The molecule has 120 valence electrons. The van der Waals surface area contributed by atoms with Crippen molar-refractivity contribution in [1.82, 2.24) is 15.2 Å². The lowest BCUT2D eigenvalue weighted by molar-refractivity contribution is -0.131. The van der Waals surface area contributed by atoms with Gasteiger partial charge in [0.2, 0.25) is 5.89 Å². The smallest absolute Gasteiger partial charge is 0.325 e. The van der Waals surface area contributed by atoms with Gasteiger partial charge in [0.25, 0.3) is 5.91 Å². The van der Waals surface area contributed by atoms with E-state index in [-0.39, 0.29) is 18.5 Å². The standard InChI is InChI=1S/C16H17N3O3S/c1-10-12(17-13(22-10)11-4-7-23-9-11)8-19-14(20)16(18-15(19)21)5-2-3-6-16/h4,7,9H,2-3,5-6,8H2,1H3,(H,18,21). The fourth-order valence-electron chi connectivity index (χ4n) is 3.37. The zero-order valence-corrected chi connectivity index (χ0v) is 13.6. The normalized spacial score (nSPS) is 19.8. The van der Waals surface area contributed by atoms with Gasteiger partial charge in [0.15, 0.2) is 0 Å². The molecule has 0 unspecified atom stereocenters. The van der Waals surface area contributed by atoms with Gasteiger partial charge >= 0.3 is 6.03 Å². The summed E-state index contributed by atoms with van der Waals surface area (Å²) in [6.45, 7) is 1.97. The van der Waals surface area contributed by atoms with Crippen LogP contribution in [0.2, 0.25) is 0 Å². The lowest BCUT2D eigenvalue weighted by atomic mass is 9.98. The Morgan fingerprint density at radius 3 is 2.87 bits per heavy atom. The summed E-state index contributed by atoms with van der Waals surface area (Å²) in [6.07, 6.45) is 3.41. The average molecular weight is 331 g/mol. The molecule has 1 saturated carbocycles. The molecular formula is C16H17N3O3S. The lowest BCUT2D eigenvalue weighted by Gasteiger charge is -2.19. The Kier molecular flexibility index (Phi) is 3.26. The van der Waals surface area contributed by atoms with Crippen molar-refractivity contribution in [3.8, 4) is 11.5 Å². The Hall–Kier alpha value is -2.15. The molecule has 1 spiro atoms. The number of hydrogen-bond acceptors (Lipinski definition) is 5. The zero-order valence-electron chi connectivity index (χ0n) is 12.8. The van der Waals surface area contributed by atoms with E-state index in [1.807, 2.05) is 23.8 Å². The van der Waals surface area contributed by atoms with Crippen molar-refractivity contribution >= 4 is 23.3 Å². The van der Waals surface area contributed by atoms with Crippen molar-refractivity contribution in [2.24, 2.45) is 0 Å². The molecule has 2 aliphatic rings. The number of hydrogen-bond donors (Lipinski definition) is 1. The number of carbonyl (C=O) groups excluding carboxylic acids is 2. The van der Waals surface area contributed by atoms with Crippen molar-refractivity contribution in [2.45, 2.75) is 44.7 Å². The van der Waals surface area contributed by atoms with E-state index in [1.54, 1.807) is 11.3 Å². The Bertz CT molecular complexity index is 760. The topological polar surface area (TPSA) is 75.4 Å². The van der Waals surface area contributed by atoms with Gasteiger partial charge in [-0.1, -0.05) is 12.8 Å². The monoisotopic (exact) mass is 331 g/mol. The molecule has 0 radical (unpaired) electrons. The predicted octanol–water partition coefficient (Wildman–Crippen LogP) is 3.08. The summed E-state index contributed by atoms with van der Waals surface area (Å²) >= 11 is 1.57. The lowest BCUT2D eigenvalue weighted by Crippen LogP contribution is -2.44. The van der Waals surface area contributed by atoms with Gasteiger partial charge in [-0.2, -0.15) is 11.3 Å². The number of aryl methyl sites for hydroxylation is 1. The first kappa shape index (κ1) is 14.4. The van der Waals surface area contributed by atoms with Gasteiger partial charge in [-0.3, -0.25) is 9.69 Å². The molecule has 1 N–H and O–H groups in total. The van der Waals surface area contributed by atoms with Crippen LogP contribution in [0.25, 0.3) is 11.5 Å².